The number of hydrogen-bond acceptors (Lipinski definition) is 6. The van der Waals surface area contributed by atoms with Crippen molar-refractivity contribution in [3.8, 4) is 5.88 Å². The molecule has 3 atom stereocenters. The van der Waals surface area contributed by atoms with Crippen LogP contribution in [0.3, 0.4) is 0 Å². The van der Waals surface area contributed by atoms with E-state index in [9.17, 15) is 4.79 Å². The molecule has 2 N–H and O–H groups in total. The second kappa shape index (κ2) is 9.53. The van der Waals surface area contributed by atoms with Crippen molar-refractivity contribution in [3.05, 3.63) is 71.3 Å². The average molecular weight is 452 g/mol. The molecular formula is C24H26ClN5O2. The summed E-state index contributed by atoms with van der Waals surface area (Å²) in [6.45, 7) is 6.92. The van der Waals surface area contributed by atoms with Crippen LogP contribution in [0.2, 0.25) is 5.02 Å². The largest absolute Gasteiger partial charge is 0.475 e. The van der Waals surface area contributed by atoms with Crippen molar-refractivity contribution >= 4 is 29.4 Å². The van der Waals surface area contributed by atoms with Gasteiger partial charge in [0.1, 0.15) is 12.3 Å². The molecule has 0 aromatic carbocycles. The maximum atomic E-state index is 13.7. The molecule has 0 unspecified atom stereocenters. The zero-order valence-electron chi connectivity index (χ0n) is 17.9. The summed E-state index contributed by atoms with van der Waals surface area (Å²) in [7, 11) is 0. The number of hydrogen-bond donors (Lipinski definition) is 1. The molecule has 2 fully saturated rings. The van der Waals surface area contributed by atoms with E-state index in [2.05, 4.69) is 21.5 Å². The maximum Gasteiger partial charge on any atom is 0.273 e. The van der Waals surface area contributed by atoms with Gasteiger partial charge in [-0.1, -0.05) is 18.2 Å². The highest BCUT2D eigenvalue weighted by Crippen LogP contribution is 2.47. The smallest absolute Gasteiger partial charge is 0.273 e. The van der Waals surface area contributed by atoms with Gasteiger partial charge in [-0.2, -0.15) is 0 Å². The predicted octanol–water partition coefficient (Wildman–Crippen LogP) is 3.88. The number of fused-ring (bicyclic) bond motifs is 1. The average Bonchev–Trinajstić information content (AvgIpc) is 3.55. The van der Waals surface area contributed by atoms with E-state index in [0.717, 1.165) is 18.5 Å². The lowest BCUT2D eigenvalue weighted by molar-refractivity contribution is 0.0502. The monoisotopic (exact) mass is 451 g/mol. The number of piperidine rings is 1. The Kier molecular flexibility index (Phi) is 6.55. The highest BCUT2D eigenvalue weighted by Gasteiger charge is 2.47. The van der Waals surface area contributed by atoms with Crippen LogP contribution in [0, 0.1) is 18.8 Å². The van der Waals surface area contributed by atoms with Gasteiger partial charge in [-0.15, -0.1) is 0 Å². The van der Waals surface area contributed by atoms with Gasteiger partial charge in [0.25, 0.3) is 5.91 Å². The minimum atomic E-state index is -0.132. The second-order valence-corrected chi connectivity index (χ2v) is 8.62. The highest BCUT2D eigenvalue weighted by atomic mass is 35.5. The standard InChI is InChI=1S/C24H26ClN5O2/c1-15-4-5-21(16(2)27-8-3-7-26)23(29-15)24(31)30-13-18-10-17(18)11-20(30)14-32-22-12-19(25)6-9-28-22/h3-9,12,17-18,20H,2,10-11,13-14,26H2,1H3/b7-3-,27-8-/t17-,18+,20+/m1/s1. The summed E-state index contributed by atoms with van der Waals surface area (Å²) in [4.78, 5) is 28.6. The van der Waals surface area contributed by atoms with E-state index >= 15 is 0 Å². The summed E-state index contributed by atoms with van der Waals surface area (Å²) in [6, 6.07) is 6.99. The molecule has 4 rings (SSSR count). The Morgan fingerprint density at radius 1 is 1.38 bits per heavy atom. The van der Waals surface area contributed by atoms with Crippen molar-refractivity contribution in [2.45, 2.75) is 25.8 Å². The first-order valence-electron chi connectivity index (χ1n) is 10.6. The summed E-state index contributed by atoms with van der Waals surface area (Å²) in [5.74, 6) is 1.51. The van der Waals surface area contributed by atoms with Crippen molar-refractivity contribution in [2.75, 3.05) is 13.2 Å². The highest BCUT2D eigenvalue weighted by molar-refractivity contribution is 6.30. The molecule has 2 aromatic rings. The van der Waals surface area contributed by atoms with Crippen LogP contribution >= 0.6 is 11.6 Å². The van der Waals surface area contributed by atoms with Crippen LogP contribution < -0.4 is 10.5 Å². The van der Waals surface area contributed by atoms with Gasteiger partial charge in [-0.25, -0.2) is 9.97 Å². The summed E-state index contributed by atoms with van der Waals surface area (Å²) >= 11 is 6.04. The number of nitrogens with two attached hydrogens (primary N) is 1. The maximum absolute atomic E-state index is 13.7. The van der Waals surface area contributed by atoms with Gasteiger partial charge in [0.15, 0.2) is 0 Å². The van der Waals surface area contributed by atoms with Gasteiger partial charge in [-0.05, 0) is 62.1 Å². The fourth-order valence-electron chi connectivity index (χ4n) is 4.09. The number of carbonyl (C=O) groups is 1. The SMILES string of the molecule is C=C(/N=C\C=C/N)c1ccc(C)nc1C(=O)N1C[C@@H]2C[C@@H]2C[C@H]1COc1cc(Cl)ccn1. The lowest BCUT2D eigenvalue weighted by atomic mass is 10.0. The van der Waals surface area contributed by atoms with Gasteiger partial charge in [0, 0.05) is 41.3 Å². The Labute approximate surface area is 192 Å². The summed E-state index contributed by atoms with van der Waals surface area (Å²) in [5.41, 5.74) is 7.54. The molecule has 8 heteroatoms. The van der Waals surface area contributed by atoms with Crippen molar-refractivity contribution in [3.63, 3.8) is 0 Å². The van der Waals surface area contributed by atoms with Gasteiger partial charge in [0.05, 0.1) is 11.7 Å². The number of likely N-dealkylation sites (tertiary alicyclic amines) is 1. The van der Waals surface area contributed by atoms with E-state index in [1.54, 1.807) is 30.6 Å². The Morgan fingerprint density at radius 2 is 2.22 bits per heavy atom. The molecule has 166 valence electrons. The number of nitrogens with zero attached hydrogens (tertiary/aromatic N) is 4. The van der Waals surface area contributed by atoms with Crippen LogP contribution in [0.25, 0.3) is 5.70 Å². The van der Waals surface area contributed by atoms with E-state index in [1.807, 2.05) is 24.0 Å². The molecule has 32 heavy (non-hydrogen) atoms. The topological polar surface area (TPSA) is 93.7 Å². The first-order chi connectivity index (χ1) is 15.5. The molecule has 1 saturated heterocycles. The lowest BCUT2D eigenvalue weighted by Gasteiger charge is -2.35. The number of aliphatic imine (C=N–C) groups is 1. The van der Waals surface area contributed by atoms with Crippen LogP contribution in [0.15, 0.2) is 54.3 Å². The Hall–Kier alpha value is -3.19. The molecule has 7 nitrogen and oxygen atoms in total. The number of aryl methyl sites for hydroxylation is 1. The second-order valence-electron chi connectivity index (χ2n) is 8.18. The normalized spacial score (nSPS) is 22.2. The quantitative estimate of drug-likeness (QED) is 0.644. The number of allylic oxidation sites excluding steroid dienone is 1. The molecule has 1 saturated carbocycles. The van der Waals surface area contributed by atoms with Gasteiger partial charge >= 0.3 is 0 Å². The third-order valence-electron chi connectivity index (χ3n) is 5.87. The first kappa shape index (κ1) is 22.0. The third-order valence-corrected chi connectivity index (χ3v) is 6.11. The molecule has 1 aliphatic heterocycles. The van der Waals surface area contributed by atoms with Crippen molar-refractivity contribution < 1.29 is 9.53 Å². The Bertz CT molecular complexity index is 1080. The van der Waals surface area contributed by atoms with E-state index in [0.29, 0.717) is 52.8 Å². The molecule has 0 bridgehead atoms. The number of halogens is 1. The minimum absolute atomic E-state index is 0.0702. The molecule has 1 aliphatic carbocycles. The zero-order chi connectivity index (χ0) is 22.7. The summed E-state index contributed by atoms with van der Waals surface area (Å²) in [5, 5.41) is 0.561. The summed E-state index contributed by atoms with van der Waals surface area (Å²) < 4.78 is 5.91. The molecule has 0 radical (unpaired) electrons. The number of pyridine rings is 2. The third kappa shape index (κ3) is 4.99. The number of aromatic nitrogens is 2. The Balaban J connectivity index is 1.57. The van der Waals surface area contributed by atoms with Crippen LogP contribution in [0.4, 0.5) is 0 Å². The predicted molar refractivity (Wildman–Crippen MR) is 126 cm³/mol. The van der Waals surface area contributed by atoms with Crippen LogP contribution in [-0.4, -0.2) is 46.2 Å². The van der Waals surface area contributed by atoms with E-state index in [1.165, 1.54) is 6.20 Å². The van der Waals surface area contributed by atoms with Gasteiger partial charge in [0.2, 0.25) is 5.88 Å². The first-order valence-corrected chi connectivity index (χ1v) is 11.0. The molecule has 3 heterocycles. The van der Waals surface area contributed by atoms with Crippen molar-refractivity contribution in [1.29, 1.82) is 0 Å². The van der Waals surface area contributed by atoms with E-state index in [4.69, 9.17) is 22.1 Å². The number of ether oxygens (including phenoxy) is 1. The fraction of sp³-hybridized carbons (Fsp3) is 0.333. The van der Waals surface area contributed by atoms with E-state index in [-0.39, 0.29) is 11.9 Å². The minimum Gasteiger partial charge on any atom is -0.475 e. The molecule has 0 spiro atoms. The molecule has 2 aromatic heterocycles. The number of carbonyl (C=O) groups excluding carboxylic acids is 1. The molecular weight excluding hydrogens is 426 g/mol. The van der Waals surface area contributed by atoms with Gasteiger partial charge < -0.3 is 15.4 Å². The van der Waals surface area contributed by atoms with Crippen LogP contribution in [-0.2, 0) is 0 Å². The zero-order valence-corrected chi connectivity index (χ0v) is 18.7. The number of rotatable bonds is 7. The fourth-order valence-corrected chi connectivity index (χ4v) is 4.24. The molecule has 1 amide bonds. The molecule has 2 aliphatic rings. The summed E-state index contributed by atoms with van der Waals surface area (Å²) in [6.07, 6.45) is 8.18. The van der Waals surface area contributed by atoms with E-state index < -0.39 is 0 Å². The van der Waals surface area contributed by atoms with Crippen molar-refractivity contribution in [2.24, 2.45) is 22.6 Å². The van der Waals surface area contributed by atoms with Crippen LogP contribution in [0.5, 0.6) is 5.88 Å². The number of amides is 1. The van der Waals surface area contributed by atoms with Crippen LogP contribution in [0.1, 0.15) is 34.6 Å². The Morgan fingerprint density at radius 3 is 3.00 bits per heavy atom. The lowest BCUT2D eigenvalue weighted by Crippen LogP contribution is -2.48. The van der Waals surface area contributed by atoms with Gasteiger partial charge in [-0.3, -0.25) is 9.79 Å². The van der Waals surface area contributed by atoms with Crippen molar-refractivity contribution in [1.82, 2.24) is 14.9 Å².